The first-order chi connectivity index (χ1) is 11.6. The Kier molecular flexibility index (Phi) is 6.78. The van der Waals surface area contributed by atoms with Crippen molar-refractivity contribution in [1.29, 1.82) is 0 Å². The summed E-state index contributed by atoms with van der Waals surface area (Å²) >= 11 is 0. The molecule has 0 aromatic heterocycles. The molecular formula is C18H25N3O3. The average Bonchev–Trinajstić information content (AvgIpc) is 2.80. The van der Waals surface area contributed by atoms with E-state index in [9.17, 15) is 14.4 Å². The van der Waals surface area contributed by atoms with Crippen molar-refractivity contribution in [2.45, 2.75) is 51.1 Å². The lowest BCUT2D eigenvalue weighted by atomic mass is 10.1. The molecule has 24 heavy (non-hydrogen) atoms. The van der Waals surface area contributed by atoms with Crippen molar-refractivity contribution in [2.75, 3.05) is 6.54 Å². The minimum atomic E-state index is -0.631. The van der Waals surface area contributed by atoms with Crippen LogP contribution in [0.1, 0.15) is 38.2 Å². The highest BCUT2D eigenvalue weighted by molar-refractivity contribution is 5.92. The molecule has 1 fully saturated rings. The number of rotatable bonds is 6. The van der Waals surface area contributed by atoms with Gasteiger partial charge in [0.05, 0.1) is 0 Å². The molecule has 1 aliphatic rings. The van der Waals surface area contributed by atoms with E-state index in [1.165, 1.54) is 0 Å². The Morgan fingerprint density at radius 3 is 2.75 bits per heavy atom. The molecular weight excluding hydrogens is 306 g/mol. The summed E-state index contributed by atoms with van der Waals surface area (Å²) in [6.07, 6.45) is 3.44. The van der Waals surface area contributed by atoms with Crippen molar-refractivity contribution in [3.8, 4) is 0 Å². The molecule has 0 spiro atoms. The molecule has 2 rings (SSSR count). The van der Waals surface area contributed by atoms with Crippen LogP contribution < -0.4 is 16.0 Å². The van der Waals surface area contributed by atoms with Gasteiger partial charge in [0.15, 0.2) is 0 Å². The summed E-state index contributed by atoms with van der Waals surface area (Å²) in [5, 5.41) is 8.20. The highest BCUT2D eigenvalue weighted by Gasteiger charge is 2.25. The Balaban J connectivity index is 1.74. The third kappa shape index (κ3) is 5.68. The van der Waals surface area contributed by atoms with Crippen LogP contribution in [0.15, 0.2) is 30.3 Å². The topological polar surface area (TPSA) is 87.3 Å². The molecule has 2 atom stereocenters. The van der Waals surface area contributed by atoms with E-state index in [4.69, 9.17) is 0 Å². The summed E-state index contributed by atoms with van der Waals surface area (Å²) < 4.78 is 0. The highest BCUT2D eigenvalue weighted by Crippen LogP contribution is 2.09. The first-order valence-electron chi connectivity index (χ1n) is 8.47. The molecule has 1 heterocycles. The fourth-order valence-electron chi connectivity index (χ4n) is 2.68. The Morgan fingerprint density at radius 2 is 2.00 bits per heavy atom. The molecule has 0 aliphatic carbocycles. The van der Waals surface area contributed by atoms with E-state index in [1.807, 2.05) is 30.3 Å². The van der Waals surface area contributed by atoms with Gasteiger partial charge >= 0.3 is 0 Å². The van der Waals surface area contributed by atoms with Gasteiger partial charge in [0.1, 0.15) is 12.1 Å². The monoisotopic (exact) mass is 331 g/mol. The van der Waals surface area contributed by atoms with E-state index < -0.39 is 12.1 Å². The van der Waals surface area contributed by atoms with Crippen LogP contribution in [0, 0.1) is 0 Å². The largest absolute Gasteiger partial charge is 0.354 e. The molecule has 1 saturated heterocycles. The number of hydrogen-bond acceptors (Lipinski definition) is 3. The van der Waals surface area contributed by atoms with Crippen LogP contribution in [-0.2, 0) is 20.8 Å². The number of hydrogen-bond donors (Lipinski definition) is 3. The highest BCUT2D eigenvalue weighted by atomic mass is 16.2. The second-order valence-electron chi connectivity index (χ2n) is 6.12. The zero-order valence-corrected chi connectivity index (χ0v) is 14.0. The number of amides is 3. The quantitative estimate of drug-likeness (QED) is 0.724. The third-order valence-corrected chi connectivity index (χ3v) is 4.11. The molecule has 0 radical (unpaired) electrons. The SMILES string of the molecule is C[C@H](NC(=O)[C@@H]1CCCCC(=O)N1)C(=O)NCCc1ccccc1. The first kappa shape index (κ1) is 18.0. The van der Waals surface area contributed by atoms with Gasteiger partial charge in [-0.15, -0.1) is 0 Å². The fourth-order valence-corrected chi connectivity index (χ4v) is 2.68. The van der Waals surface area contributed by atoms with Gasteiger partial charge in [-0.25, -0.2) is 0 Å². The van der Waals surface area contributed by atoms with Gasteiger partial charge < -0.3 is 16.0 Å². The van der Waals surface area contributed by atoms with Crippen LogP contribution in [0.4, 0.5) is 0 Å². The summed E-state index contributed by atoms with van der Waals surface area (Å²) in [5.74, 6) is -0.622. The smallest absolute Gasteiger partial charge is 0.243 e. The van der Waals surface area contributed by atoms with Crippen molar-refractivity contribution in [2.24, 2.45) is 0 Å². The predicted octanol–water partition coefficient (Wildman–Crippen LogP) is 0.909. The number of carbonyl (C=O) groups is 3. The van der Waals surface area contributed by atoms with Crippen LogP contribution in [0.25, 0.3) is 0 Å². The van der Waals surface area contributed by atoms with E-state index in [0.29, 0.717) is 19.4 Å². The fraction of sp³-hybridized carbons (Fsp3) is 0.500. The van der Waals surface area contributed by atoms with Crippen molar-refractivity contribution >= 4 is 17.7 Å². The normalized spacial score (nSPS) is 18.9. The van der Waals surface area contributed by atoms with E-state index in [0.717, 1.165) is 24.8 Å². The second kappa shape index (κ2) is 9.05. The van der Waals surface area contributed by atoms with E-state index >= 15 is 0 Å². The van der Waals surface area contributed by atoms with Gasteiger partial charge in [-0.05, 0) is 31.7 Å². The van der Waals surface area contributed by atoms with Gasteiger partial charge in [0.25, 0.3) is 0 Å². The van der Waals surface area contributed by atoms with E-state index in [2.05, 4.69) is 16.0 Å². The van der Waals surface area contributed by atoms with Gasteiger partial charge in [0.2, 0.25) is 17.7 Å². The summed E-state index contributed by atoms with van der Waals surface area (Å²) in [5.41, 5.74) is 1.15. The van der Waals surface area contributed by atoms with Gasteiger partial charge in [0, 0.05) is 13.0 Å². The summed E-state index contributed by atoms with van der Waals surface area (Å²) in [6, 6.07) is 8.71. The van der Waals surface area contributed by atoms with Gasteiger partial charge in [-0.2, -0.15) is 0 Å². The van der Waals surface area contributed by atoms with Crippen molar-refractivity contribution in [1.82, 2.24) is 16.0 Å². The molecule has 0 saturated carbocycles. The summed E-state index contributed by atoms with van der Waals surface area (Å²) in [4.78, 5) is 35.8. The van der Waals surface area contributed by atoms with Crippen molar-refractivity contribution < 1.29 is 14.4 Å². The Bertz CT molecular complexity index is 574. The molecule has 6 heteroatoms. The molecule has 3 N–H and O–H groups in total. The number of benzene rings is 1. The second-order valence-corrected chi connectivity index (χ2v) is 6.12. The molecule has 0 unspecified atom stereocenters. The lowest BCUT2D eigenvalue weighted by Gasteiger charge is -2.19. The molecule has 3 amide bonds. The van der Waals surface area contributed by atoms with Crippen LogP contribution >= 0.6 is 0 Å². The molecule has 0 bridgehead atoms. The minimum Gasteiger partial charge on any atom is -0.354 e. The third-order valence-electron chi connectivity index (χ3n) is 4.11. The summed E-state index contributed by atoms with van der Waals surface area (Å²) in [6.45, 7) is 2.16. The first-order valence-corrected chi connectivity index (χ1v) is 8.47. The maximum atomic E-state index is 12.2. The van der Waals surface area contributed by atoms with Crippen LogP contribution in [0.5, 0.6) is 0 Å². The van der Waals surface area contributed by atoms with Crippen LogP contribution in [0.3, 0.4) is 0 Å². The van der Waals surface area contributed by atoms with Crippen molar-refractivity contribution in [3.63, 3.8) is 0 Å². The maximum Gasteiger partial charge on any atom is 0.243 e. The predicted molar refractivity (Wildman–Crippen MR) is 91.2 cm³/mol. The molecule has 130 valence electrons. The molecule has 6 nitrogen and oxygen atoms in total. The number of carbonyl (C=O) groups excluding carboxylic acids is 3. The van der Waals surface area contributed by atoms with Crippen LogP contribution in [-0.4, -0.2) is 36.3 Å². The summed E-state index contributed by atoms with van der Waals surface area (Å²) in [7, 11) is 0. The van der Waals surface area contributed by atoms with E-state index in [1.54, 1.807) is 6.92 Å². The minimum absolute atomic E-state index is 0.104. The van der Waals surface area contributed by atoms with Crippen LogP contribution in [0.2, 0.25) is 0 Å². The molecule has 1 aromatic carbocycles. The number of nitrogens with one attached hydrogen (secondary N) is 3. The average molecular weight is 331 g/mol. The Morgan fingerprint density at radius 1 is 1.25 bits per heavy atom. The zero-order chi connectivity index (χ0) is 17.4. The lowest BCUT2D eigenvalue weighted by Crippen LogP contribution is -2.52. The zero-order valence-electron chi connectivity index (χ0n) is 14.0. The standard InChI is InChI=1S/C18H25N3O3/c1-13(17(23)19-12-11-14-7-3-2-4-8-14)20-18(24)15-9-5-6-10-16(22)21-15/h2-4,7-8,13,15H,5-6,9-12H2,1H3,(H,19,23)(H,20,24)(H,21,22)/t13-,15-/m0/s1. The Labute approximate surface area is 142 Å². The molecule has 1 aliphatic heterocycles. The van der Waals surface area contributed by atoms with E-state index in [-0.39, 0.29) is 17.7 Å². The maximum absolute atomic E-state index is 12.2. The van der Waals surface area contributed by atoms with Crippen molar-refractivity contribution in [3.05, 3.63) is 35.9 Å². The Hall–Kier alpha value is -2.37. The van der Waals surface area contributed by atoms with Gasteiger partial charge in [-0.1, -0.05) is 36.8 Å². The molecule has 1 aromatic rings. The lowest BCUT2D eigenvalue weighted by molar-refractivity contribution is -0.131. The van der Waals surface area contributed by atoms with Gasteiger partial charge in [-0.3, -0.25) is 14.4 Å².